The summed E-state index contributed by atoms with van der Waals surface area (Å²) in [6, 6.07) is 8.21. The van der Waals surface area contributed by atoms with Crippen molar-refractivity contribution < 1.29 is 13.9 Å². The second-order valence-corrected chi connectivity index (χ2v) is 7.49. The van der Waals surface area contributed by atoms with Crippen LogP contribution in [-0.2, 0) is 22.6 Å². The topological polar surface area (TPSA) is 66.1 Å². The number of halogens is 1. The van der Waals surface area contributed by atoms with Crippen molar-refractivity contribution in [3.8, 4) is 0 Å². The molecule has 0 aliphatic rings. The van der Waals surface area contributed by atoms with Crippen LogP contribution in [0, 0.1) is 12.7 Å². The Morgan fingerprint density at radius 1 is 1.30 bits per heavy atom. The van der Waals surface area contributed by atoms with Crippen LogP contribution < -0.4 is 5.56 Å². The van der Waals surface area contributed by atoms with Gasteiger partial charge >= 0.3 is 5.97 Å². The minimum absolute atomic E-state index is 0.250. The number of rotatable bonds is 4. The summed E-state index contributed by atoms with van der Waals surface area (Å²) in [4.78, 5) is 25.7. The molecule has 3 heterocycles. The largest absolute Gasteiger partial charge is 0.468 e. The van der Waals surface area contributed by atoms with E-state index in [-0.39, 0.29) is 17.9 Å². The number of hydrogen-bond donors (Lipinski definition) is 0. The molecule has 4 aromatic rings. The number of hydrogen-bond acceptors (Lipinski definition) is 5. The van der Waals surface area contributed by atoms with Crippen LogP contribution >= 0.6 is 11.3 Å². The van der Waals surface area contributed by atoms with Crippen molar-refractivity contribution in [2.75, 3.05) is 7.11 Å². The fourth-order valence-electron chi connectivity index (χ4n) is 3.16. The number of benzene rings is 1. The van der Waals surface area contributed by atoms with Crippen LogP contribution in [0.3, 0.4) is 0 Å². The number of carbonyl (C=O) groups excluding carboxylic acids is 1. The molecular weight excluding hydrogens is 369 g/mol. The molecule has 8 heteroatoms. The number of fused-ring (bicyclic) bond motifs is 3. The molecule has 3 aromatic heterocycles. The van der Waals surface area contributed by atoms with Crippen molar-refractivity contribution in [3.05, 3.63) is 63.1 Å². The van der Waals surface area contributed by atoms with Crippen molar-refractivity contribution >= 4 is 38.4 Å². The Kier molecular flexibility index (Phi) is 4.27. The smallest absolute Gasteiger partial charge is 0.327 e. The van der Waals surface area contributed by atoms with Crippen LogP contribution in [0.1, 0.15) is 10.4 Å². The van der Waals surface area contributed by atoms with Gasteiger partial charge in [0.05, 0.1) is 23.5 Å². The maximum atomic E-state index is 13.2. The minimum atomic E-state index is -0.543. The van der Waals surface area contributed by atoms with Gasteiger partial charge in [0.2, 0.25) is 0 Å². The number of thiophene rings is 1. The van der Waals surface area contributed by atoms with E-state index in [9.17, 15) is 14.0 Å². The van der Waals surface area contributed by atoms with E-state index >= 15 is 0 Å². The minimum Gasteiger partial charge on any atom is -0.468 e. The molecule has 0 fully saturated rings. The molecular formula is C19H16FN3O3S. The molecule has 27 heavy (non-hydrogen) atoms. The normalized spacial score (nSPS) is 11.4. The highest BCUT2D eigenvalue weighted by Gasteiger charge is 2.19. The van der Waals surface area contributed by atoms with Gasteiger partial charge in [-0.2, -0.15) is 5.10 Å². The van der Waals surface area contributed by atoms with Crippen LogP contribution in [0.25, 0.3) is 21.1 Å². The van der Waals surface area contributed by atoms with Gasteiger partial charge < -0.3 is 9.30 Å². The lowest BCUT2D eigenvalue weighted by atomic mass is 10.2. The quantitative estimate of drug-likeness (QED) is 0.507. The zero-order chi connectivity index (χ0) is 19.1. The molecule has 6 nitrogen and oxygen atoms in total. The highest BCUT2D eigenvalue weighted by Crippen LogP contribution is 2.34. The zero-order valence-corrected chi connectivity index (χ0v) is 15.5. The average molecular weight is 385 g/mol. The lowest BCUT2D eigenvalue weighted by molar-refractivity contribution is -0.141. The molecule has 138 valence electrons. The van der Waals surface area contributed by atoms with Gasteiger partial charge in [-0.3, -0.25) is 9.59 Å². The number of aromatic nitrogens is 3. The molecule has 4 rings (SSSR count). The summed E-state index contributed by atoms with van der Waals surface area (Å²) >= 11 is 1.59. The van der Waals surface area contributed by atoms with E-state index in [1.165, 1.54) is 19.2 Å². The first-order valence-corrected chi connectivity index (χ1v) is 9.09. The molecule has 0 spiro atoms. The number of nitrogens with zero attached hydrogens (tertiary/aromatic N) is 3. The first-order chi connectivity index (χ1) is 13.0. The maximum Gasteiger partial charge on any atom is 0.327 e. The molecule has 0 atom stereocenters. The maximum absolute atomic E-state index is 13.2. The summed E-state index contributed by atoms with van der Waals surface area (Å²) in [5.41, 5.74) is 1.90. The lowest BCUT2D eigenvalue weighted by Gasteiger charge is -2.08. The standard InChI is InChI=1S/C19H16FN3O3S/c1-11-7-15-18(27-11)14-8-21-23(10-16(24)26-2)19(25)17(14)22(15)9-12-3-5-13(20)6-4-12/h3-8H,9-10H2,1-2H3. The van der Waals surface area contributed by atoms with E-state index in [2.05, 4.69) is 9.84 Å². The Labute approximate surface area is 157 Å². The van der Waals surface area contributed by atoms with E-state index in [0.29, 0.717) is 12.1 Å². The summed E-state index contributed by atoms with van der Waals surface area (Å²) in [6.45, 7) is 2.16. The Balaban J connectivity index is 1.94. The third kappa shape index (κ3) is 3.02. The molecule has 0 saturated carbocycles. The molecule has 0 saturated heterocycles. The first-order valence-electron chi connectivity index (χ1n) is 8.27. The molecule has 0 radical (unpaired) electrons. The molecule has 0 amide bonds. The van der Waals surface area contributed by atoms with Crippen LogP contribution in [0.5, 0.6) is 0 Å². The van der Waals surface area contributed by atoms with Crippen molar-refractivity contribution in [1.29, 1.82) is 0 Å². The number of esters is 1. The van der Waals surface area contributed by atoms with Gasteiger partial charge in [-0.1, -0.05) is 12.1 Å². The molecule has 0 unspecified atom stereocenters. The molecule has 0 aliphatic heterocycles. The number of ether oxygens (including phenoxy) is 1. The summed E-state index contributed by atoms with van der Waals surface area (Å²) in [7, 11) is 1.27. The predicted octanol–water partition coefficient (Wildman–Crippen LogP) is 3.08. The van der Waals surface area contributed by atoms with Gasteiger partial charge in [-0.25, -0.2) is 9.07 Å². The summed E-state index contributed by atoms with van der Waals surface area (Å²) < 4.78 is 21.9. The van der Waals surface area contributed by atoms with Crippen molar-refractivity contribution in [3.63, 3.8) is 0 Å². The fourth-order valence-corrected chi connectivity index (χ4v) is 4.18. The van der Waals surface area contributed by atoms with Crippen LogP contribution in [0.2, 0.25) is 0 Å². The zero-order valence-electron chi connectivity index (χ0n) is 14.7. The van der Waals surface area contributed by atoms with Crippen LogP contribution in [-0.4, -0.2) is 27.4 Å². The van der Waals surface area contributed by atoms with E-state index < -0.39 is 5.97 Å². The highest BCUT2D eigenvalue weighted by molar-refractivity contribution is 7.20. The number of carbonyl (C=O) groups is 1. The molecule has 1 aromatic carbocycles. The molecule has 0 bridgehead atoms. The fraction of sp³-hybridized carbons (Fsp3) is 0.211. The second kappa shape index (κ2) is 6.62. The van der Waals surface area contributed by atoms with Gasteiger partial charge in [-0.05, 0) is 30.7 Å². The first kappa shape index (κ1) is 17.4. The monoisotopic (exact) mass is 385 g/mol. The summed E-state index contributed by atoms with van der Waals surface area (Å²) in [6.07, 6.45) is 1.61. The van der Waals surface area contributed by atoms with Gasteiger partial charge in [0.25, 0.3) is 5.56 Å². The molecule has 0 aliphatic carbocycles. The average Bonchev–Trinajstić information content (AvgIpc) is 3.16. The van der Waals surface area contributed by atoms with Crippen LogP contribution in [0.15, 0.2) is 41.3 Å². The van der Waals surface area contributed by atoms with Crippen molar-refractivity contribution in [2.45, 2.75) is 20.0 Å². The van der Waals surface area contributed by atoms with Crippen molar-refractivity contribution in [1.82, 2.24) is 14.3 Å². The van der Waals surface area contributed by atoms with E-state index in [1.54, 1.807) is 29.7 Å². The Morgan fingerprint density at radius 3 is 2.74 bits per heavy atom. The third-order valence-corrected chi connectivity index (χ3v) is 5.49. The molecule has 0 N–H and O–H groups in total. The van der Waals surface area contributed by atoms with E-state index in [0.717, 1.165) is 30.7 Å². The predicted molar refractivity (Wildman–Crippen MR) is 102 cm³/mol. The van der Waals surface area contributed by atoms with Crippen LogP contribution in [0.4, 0.5) is 4.39 Å². The second-order valence-electron chi connectivity index (χ2n) is 6.23. The van der Waals surface area contributed by atoms with Gasteiger partial charge in [0, 0.05) is 16.8 Å². The Bertz CT molecular complexity index is 1220. The number of methoxy groups -OCH3 is 1. The van der Waals surface area contributed by atoms with Gasteiger partial charge in [0.15, 0.2) is 0 Å². The van der Waals surface area contributed by atoms with Gasteiger partial charge in [-0.15, -0.1) is 11.3 Å². The van der Waals surface area contributed by atoms with Crippen molar-refractivity contribution in [2.24, 2.45) is 0 Å². The third-order valence-electron chi connectivity index (χ3n) is 4.42. The Hall–Kier alpha value is -3.00. The van der Waals surface area contributed by atoms with E-state index in [4.69, 9.17) is 0 Å². The van der Waals surface area contributed by atoms with Gasteiger partial charge in [0.1, 0.15) is 17.9 Å². The Morgan fingerprint density at radius 2 is 2.04 bits per heavy atom. The SMILES string of the molecule is COC(=O)Cn1ncc2c3sc(C)cc3n(Cc3ccc(F)cc3)c2c1=O. The highest BCUT2D eigenvalue weighted by atomic mass is 32.1. The lowest BCUT2D eigenvalue weighted by Crippen LogP contribution is -2.28. The van der Waals surface area contributed by atoms with E-state index in [1.807, 2.05) is 17.6 Å². The summed E-state index contributed by atoms with van der Waals surface area (Å²) in [5, 5.41) is 4.88. The number of aryl methyl sites for hydroxylation is 1. The summed E-state index contributed by atoms with van der Waals surface area (Å²) in [5.74, 6) is -0.851.